The van der Waals surface area contributed by atoms with Gasteiger partial charge in [-0.1, -0.05) is 12.2 Å². The van der Waals surface area contributed by atoms with Crippen LogP contribution >= 0.6 is 0 Å². The minimum absolute atomic E-state index is 0.343. The van der Waals surface area contributed by atoms with Crippen molar-refractivity contribution in [3.63, 3.8) is 0 Å². The van der Waals surface area contributed by atoms with E-state index in [1.165, 1.54) is 0 Å². The molecule has 0 aromatic heterocycles. The van der Waals surface area contributed by atoms with E-state index < -0.39 is 0 Å². The molecule has 1 aromatic carbocycles. The predicted octanol–water partition coefficient (Wildman–Crippen LogP) is 2.11. The molecule has 0 radical (unpaired) electrons. The summed E-state index contributed by atoms with van der Waals surface area (Å²) in [6, 6.07) is 5.16. The van der Waals surface area contributed by atoms with Crippen molar-refractivity contribution in [2.45, 2.75) is 6.42 Å². The fourth-order valence-electron chi connectivity index (χ4n) is 1.18. The van der Waals surface area contributed by atoms with E-state index in [2.05, 4.69) is 0 Å². The normalized spacial score (nSPS) is 10.2. The summed E-state index contributed by atoms with van der Waals surface area (Å²) in [6.07, 6.45) is 5.36. The number of ether oxygens (including phenoxy) is 1. The maximum atomic E-state index is 10.7. The number of benzene rings is 1. The van der Waals surface area contributed by atoms with E-state index in [0.717, 1.165) is 18.1 Å². The second-order valence-corrected chi connectivity index (χ2v) is 2.92. The van der Waals surface area contributed by atoms with Gasteiger partial charge in [-0.05, 0) is 23.8 Å². The molecule has 0 aliphatic heterocycles. The molecule has 0 amide bonds. The third-order valence-electron chi connectivity index (χ3n) is 1.95. The van der Waals surface area contributed by atoms with Crippen molar-refractivity contribution in [1.82, 2.24) is 0 Å². The molecule has 0 unspecified atom stereocenters. The number of aldehydes is 2. The van der Waals surface area contributed by atoms with Crippen LogP contribution in [0.3, 0.4) is 0 Å². The topological polar surface area (TPSA) is 43.4 Å². The summed E-state index contributed by atoms with van der Waals surface area (Å²) in [5.41, 5.74) is 1.34. The van der Waals surface area contributed by atoms with Crippen molar-refractivity contribution in [2.24, 2.45) is 0 Å². The average molecular weight is 204 g/mol. The lowest BCUT2D eigenvalue weighted by molar-refractivity contribution is -0.107. The van der Waals surface area contributed by atoms with Gasteiger partial charge in [-0.3, -0.25) is 4.79 Å². The summed E-state index contributed by atoms with van der Waals surface area (Å²) in [7, 11) is 1.56. The molecule has 0 atom stereocenters. The van der Waals surface area contributed by atoms with E-state index in [9.17, 15) is 9.59 Å². The van der Waals surface area contributed by atoms with Crippen molar-refractivity contribution in [3.8, 4) is 5.75 Å². The van der Waals surface area contributed by atoms with Gasteiger partial charge in [0.1, 0.15) is 12.0 Å². The Hall–Kier alpha value is -1.90. The average Bonchev–Trinajstić information content (AvgIpc) is 2.29. The Balaban J connectivity index is 3.00. The van der Waals surface area contributed by atoms with Gasteiger partial charge >= 0.3 is 0 Å². The van der Waals surface area contributed by atoms with Gasteiger partial charge < -0.3 is 9.53 Å². The number of allylic oxidation sites excluding steroid dienone is 1. The van der Waals surface area contributed by atoms with Crippen molar-refractivity contribution >= 4 is 18.6 Å². The number of hydrogen-bond donors (Lipinski definition) is 0. The molecule has 1 rings (SSSR count). The highest BCUT2D eigenvalue weighted by Gasteiger charge is 1.99. The fourth-order valence-corrected chi connectivity index (χ4v) is 1.18. The number of hydrogen-bond acceptors (Lipinski definition) is 3. The van der Waals surface area contributed by atoms with Gasteiger partial charge in [-0.2, -0.15) is 0 Å². The summed E-state index contributed by atoms with van der Waals surface area (Å²) in [6.45, 7) is 0. The minimum Gasteiger partial charge on any atom is -0.497 e. The highest BCUT2D eigenvalue weighted by molar-refractivity contribution is 5.82. The van der Waals surface area contributed by atoms with Crippen LogP contribution in [0, 0.1) is 0 Å². The Kier molecular flexibility index (Phi) is 4.29. The van der Waals surface area contributed by atoms with Crippen LogP contribution in [-0.2, 0) is 4.79 Å². The first-order valence-electron chi connectivity index (χ1n) is 4.55. The molecule has 15 heavy (non-hydrogen) atoms. The maximum Gasteiger partial charge on any atom is 0.150 e. The van der Waals surface area contributed by atoms with Crippen molar-refractivity contribution in [1.29, 1.82) is 0 Å². The number of carbonyl (C=O) groups is 2. The third-order valence-corrected chi connectivity index (χ3v) is 1.95. The van der Waals surface area contributed by atoms with Crippen LogP contribution < -0.4 is 4.74 Å². The molecule has 0 spiro atoms. The number of rotatable bonds is 5. The molecule has 0 saturated carbocycles. The van der Waals surface area contributed by atoms with Crippen LogP contribution in [-0.4, -0.2) is 19.7 Å². The van der Waals surface area contributed by atoms with Crippen molar-refractivity contribution in [3.05, 3.63) is 35.4 Å². The Labute approximate surface area is 88.4 Å². The third kappa shape index (κ3) is 3.06. The van der Waals surface area contributed by atoms with Crippen molar-refractivity contribution in [2.75, 3.05) is 7.11 Å². The van der Waals surface area contributed by atoms with Gasteiger partial charge in [0.25, 0.3) is 0 Å². The quantitative estimate of drug-likeness (QED) is 0.690. The Morgan fingerprint density at radius 2 is 2.07 bits per heavy atom. The molecule has 0 saturated heterocycles. The van der Waals surface area contributed by atoms with Gasteiger partial charge in [0.15, 0.2) is 6.29 Å². The molecular weight excluding hydrogens is 192 g/mol. The van der Waals surface area contributed by atoms with E-state index in [4.69, 9.17) is 4.74 Å². The van der Waals surface area contributed by atoms with E-state index >= 15 is 0 Å². The SMILES string of the molecule is COc1ccc(C=O)c(C=CCC=O)c1. The first-order chi connectivity index (χ1) is 7.31. The number of carbonyl (C=O) groups excluding carboxylic acids is 2. The van der Waals surface area contributed by atoms with Crippen LogP contribution in [0.4, 0.5) is 0 Å². The van der Waals surface area contributed by atoms with Crippen molar-refractivity contribution < 1.29 is 14.3 Å². The summed E-state index contributed by atoms with van der Waals surface area (Å²) in [5.74, 6) is 0.686. The largest absolute Gasteiger partial charge is 0.497 e. The summed E-state index contributed by atoms with van der Waals surface area (Å²) in [5, 5.41) is 0. The highest BCUT2D eigenvalue weighted by Crippen LogP contribution is 2.17. The molecule has 3 heteroatoms. The van der Waals surface area contributed by atoms with Gasteiger partial charge in [0.2, 0.25) is 0 Å². The smallest absolute Gasteiger partial charge is 0.150 e. The second-order valence-electron chi connectivity index (χ2n) is 2.92. The highest BCUT2D eigenvalue weighted by atomic mass is 16.5. The second kappa shape index (κ2) is 5.75. The first kappa shape index (κ1) is 11.2. The fraction of sp³-hybridized carbons (Fsp3) is 0.167. The molecule has 1 aromatic rings. The summed E-state index contributed by atoms with van der Waals surface area (Å²) in [4.78, 5) is 20.8. The van der Waals surface area contributed by atoms with Gasteiger partial charge in [0, 0.05) is 12.0 Å². The molecule has 3 nitrogen and oxygen atoms in total. The van der Waals surface area contributed by atoms with E-state index in [1.807, 2.05) is 0 Å². The standard InChI is InChI=1S/C12H12O3/c1-15-12-6-5-11(9-14)10(8-12)4-2-3-7-13/h2,4-9H,3H2,1H3. The molecule has 0 fully saturated rings. The predicted molar refractivity (Wildman–Crippen MR) is 58.1 cm³/mol. The van der Waals surface area contributed by atoms with E-state index in [1.54, 1.807) is 37.5 Å². The summed E-state index contributed by atoms with van der Waals surface area (Å²) < 4.78 is 5.04. The number of methoxy groups -OCH3 is 1. The molecule has 0 bridgehead atoms. The summed E-state index contributed by atoms with van der Waals surface area (Å²) >= 11 is 0. The first-order valence-corrected chi connectivity index (χ1v) is 4.55. The maximum absolute atomic E-state index is 10.7. The molecule has 0 heterocycles. The van der Waals surface area contributed by atoms with Crippen LogP contribution in [0.1, 0.15) is 22.3 Å². The Bertz CT molecular complexity index is 380. The van der Waals surface area contributed by atoms with Crippen LogP contribution in [0.15, 0.2) is 24.3 Å². The lowest BCUT2D eigenvalue weighted by Gasteiger charge is -2.03. The molecule has 0 aliphatic rings. The molecular formula is C12H12O3. The minimum atomic E-state index is 0.343. The monoisotopic (exact) mass is 204 g/mol. The van der Waals surface area contributed by atoms with Gasteiger partial charge in [0.05, 0.1) is 7.11 Å². The Morgan fingerprint density at radius 1 is 1.27 bits per heavy atom. The van der Waals surface area contributed by atoms with E-state index in [-0.39, 0.29) is 0 Å². The molecule has 0 N–H and O–H groups in total. The molecule has 78 valence electrons. The van der Waals surface area contributed by atoms with E-state index in [0.29, 0.717) is 17.7 Å². The Morgan fingerprint density at radius 3 is 2.67 bits per heavy atom. The zero-order valence-corrected chi connectivity index (χ0v) is 8.47. The lowest BCUT2D eigenvalue weighted by Crippen LogP contribution is -1.89. The van der Waals surface area contributed by atoms with Crippen LogP contribution in [0.25, 0.3) is 6.08 Å². The van der Waals surface area contributed by atoms with Gasteiger partial charge in [-0.15, -0.1) is 0 Å². The zero-order chi connectivity index (χ0) is 11.1. The molecule has 0 aliphatic carbocycles. The van der Waals surface area contributed by atoms with Crippen LogP contribution in [0.2, 0.25) is 0 Å². The van der Waals surface area contributed by atoms with Crippen LogP contribution in [0.5, 0.6) is 5.75 Å². The zero-order valence-electron chi connectivity index (χ0n) is 8.47. The van der Waals surface area contributed by atoms with Gasteiger partial charge in [-0.25, -0.2) is 0 Å². The lowest BCUT2D eigenvalue weighted by atomic mass is 10.1.